The molecule has 2 atom stereocenters. The van der Waals surface area contributed by atoms with Gasteiger partial charge in [-0.05, 0) is 31.0 Å². The highest BCUT2D eigenvalue weighted by atomic mass is 35.5. The molecule has 0 radical (unpaired) electrons. The van der Waals surface area contributed by atoms with E-state index in [1.54, 1.807) is 6.07 Å². The van der Waals surface area contributed by atoms with Crippen molar-refractivity contribution in [2.45, 2.75) is 30.6 Å². The Kier molecular flexibility index (Phi) is 5.11. The maximum absolute atomic E-state index is 12.7. The molecule has 1 aromatic rings. The minimum Gasteiger partial charge on any atom is -0.381 e. The Morgan fingerprint density at radius 3 is 2.86 bits per heavy atom. The van der Waals surface area contributed by atoms with Crippen molar-refractivity contribution in [3.8, 4) is 0 Å². The summed E-state index contributed by atoms with van der Waals surface area (Å²) >= 11 is 5.88. The largest absolute Gasteiger partial charge is 0.416 e. The molecule has 0 saturated carbocycles. The number of piperidine rings is 1. The highest BCUT2D eigenvalue weighted by molar-refractivity contribution is 6.27. The van der Waals surface area contributed by atoms with Crippen LogP contribution in [0.5, 0.6) is 0 Å². The van der Waals surface area contributed by atoms with Crippen LogP contribution in [0.25, 0.3) is 0 Å². The normalized spacial score (nSPS) is 21.8. The minimum atomic E-state index is -4.35. The quantitative estimate of drug-likeness (QED) is 0.524. The number of alkyl halides is 4. The van der Waals surface area contributed by atoms with Crippen LogP contribution >= 0.6 is 11.6 Å². The smallest absolute Gasteiger partial charge is 0.381 e. The average Bonchev–Trinajstić information content (AvgIpc) is 2.46. The summed E-state index contributed by atoms with van der Waals surface area (Å²) in [6.45, 7) is 1.25. The molecule has 0 aromatic heterocycles. The van der Waals surface area contributed by atoms with Gasteiger partial charge >= 0.3 is 6.18 Å². The number of nitrogens with one attached hydrogen (secondary N) is 1. The van der Waals surface area contributed by atoms with Crippen LogP contribution in [0.4, 0.5) is 18.9 Å². The van der Waals surface area contributed by atoms with E-state index in [1.807, 2.05) is 4.90 Å². The Labute approximate surface area is 126 Å². The number of anilines is 1. The number of aldehydes is 1. The molecule has 0 aliphatic carbocycles. The number of carbonyl (C=O) groups is 1. The Hall–Kier alpha value is -1.27. The Bertz CT molecular complexity index is 495. The van der Waals surface area contributed by atoms with Gasteiger partial charge in [-0.3, -0.25) is 4.90 Å². The SMILES string of the molecule is O=C[C@@H](Cl)N1CCC[C@@H](Nc2cccc(C(F)(F)F)c2)C1. The molecule has 0 amide bonds. The number of halogens is 4. The molecular formula is C14H16ClF3N2O. The Morgan fingerprint density at radius 1 is 1.43 bits per heavy atom. The maximum atomic E-state index is 12.7. The monoisotopic (exact) mass is 320 g/mol. The van der Waals surface area contributed by atoms with Gasteiger partial charge in [0.1, 0.15) is 5.50 Å². The standard InChI is InChI=1S/C14H16ClF3N2O/c15-13(9-21)20-6-2-5-12(8-20)19-11-4-1-3-10(7-11)14(16,17)18/h1,3-4,7,9,12-13,19H,2,5-6,8H2/t12-,13+/m1/s1. The first kappa shape index (κ1) is 16.1. The average molecular weight is 321 g/mol. The molecule has 1 fully saturated rings. The molecular weight excluding hydrogens is 305 g/mol. The number of hydrogen-bond acceptors (Lipinski definition) is 3. The molecule has 0 unspecified atom stereocenters. The van der Waals surface area contributed by atoms with Crippen LogP contribution in [0, 0.1) is 0 Å². The summed E-state index contributed by atoms with van der Waals surface area (Å²) in [5.74, 6) is 0. The van der Waals surface area contributed by atoms with Crippen molar-refractivity contribution in [2.75, 3.05) is 18.4 Å². The molecule has 1 aliphatic rings. The van der Waals surface area contributed by atoms with Crippen molar-refractivity contribution in [1.82, 2.24) is 4.90 Å². The summed E-state index contributed by atoms with van der Waals surface area (Å²) in [7, 11) is 0. The third-order valence-corrected chi connectivity index (χ3v) is 3.85. The highest BCUT2D eigenvalue weighted by Crippen LogP contribution is 2.31. The summed E-state index contributed by atoms with van der Waals surface area (Å²) in [5.41, 5.74) is -0.937. The van der Waals surface area contributed by atoms with E-state index < -0.39 is 17.2 Å². The first-order valence-corrected chi connectivity index (χ1v) is 7.11. The van der Waals surface area contributed by atoms with Crippen LogP contribution in [0.3, 0.4) is 0 Å². The summed E-state index contributed by atoms with van der Waals surface area (Å²) in [5, 5.41) is 3.09. The molecule has 7 heteroatoms. The second kappa shape index (κ2) is 6.66. The second-order valence-electron chi connectivity index (χ2n) is 5.07. The maximum Gasteiger partial charge on any atom is 0.416 e. The molecule has 0 spiro atoms. The van der Waals surface area contributed by atoms with Crippen LogP contribution in [0.1, 0.15) is 18.4 Å². The van der Waals surface area contributed by atoms with Crippen molar-refractivity contribution in [2.24, 2.45) is 0 Å². The number of nitrogens with zero attached hydrogens (tertiary/aromatic N) is 1. The number of rotatable bonds is 4. The van der Waals surface area contributed by atoms with E-state index in [1.165, 1.54) is 6.07 Å². The number of carbonyl (C=O) groups excluding carboxylic acids is 1. The molecule has 1 saturated heterocycles. The molecule has 3 nitrogen and oxygen atoms in total. The van der Waals surface area contributed by atoms with Crippen molar-refractivity contribution in [3.05, 3.63) is 29.8 Å². The third-order valence-electron chi connectivity index (χ3n) is 3.47. The van der Waals surface area contributed by atoms with Crippen LogP contribution < -0.4 is 5.32 Å². The fourth-order valence-electron chi connectivity index (χ4n) is 2.46. The fourth-order valence-corrected chi connectivity index (χ4v) is 2.63. The highest BCUT2D eigenvalue weighted by Gasteiger charge is 2.31. The van der Waals surface area contributed by atoms with Gasteiger partial charge in [0.2, 0.25) is 0 Å². The van der Waals surface area contributed by atoms with Crippen LogP contribution in [0.2, 0.25) is 0 Å². The van der Waals surface area contributed by atoms with Gasteiger partial charge in [-0.1, -0.05) is 17.7 Å². The van der Waals surface area contributed by atoms with Crippen molar-refractivity contribution < 1.29 is 18.0 Å². The van der Waals surface area contributed by atoms with Gasteiger partial charge in [0.25, 0.3) is 0 Å². The lowest BCUT2D eigenvalue weighted by molar-refractivity contribution is -0.137. The molecule has 1 heterocycles. The van der Waals surface area contributed by atoms with Gasteiger partial charge in [0.05, 0.1) is 5.56 Å². The van der Waals surface area contributed by atoms with E-state index in [4.69, 9.17) is 11.6 Å². The van der Waals surface area contributed by atoms with Gasteiger partial charge in [-0.25, -0.2) is 0 Å². The first-order chi connectivity index (χ1) is 9.90. The predicted octanol–water partition coefficient (Wildman–Crippen LogP) is 3.35. The van der Waals surface area contributed by atoms with E-state index in [9.17, 15) is 18.0 Å². The summed E-state index contributed by atoms with van der Waals surface area (Å²) < 4.78 is 38.0. The van der Waals surface area contributed by atoms with Crippen molar-refractivity contribution in [1.29, 1.82) is 0 Å². The molecule has 0 bridgehead atoms. The molecule has 116 valence electrons. The second-order valence-corrected chi connectivity index (χ2v) is 5.51. The van der Waals surface area contributed by atoms with Crippen molar-refractivity contribution >= 4 is 23.6 Å². The lowest BCUT2D eigenvalue weighted by Crippen LogP contribution is -2.45. The van der Waals surface area contributed by atoms with E-state index in [0.717, 1.165) is 25.0 Å². The van der Waals surface area contributed by atoms with E-state index >= 15 is 0 Å². The van der Waals surface area contributed by atoms with Gasteiger partial charge in [-0.15, -0.1) is 0 Å². The lowest BCUT2D eigenvalue weighted by Gasteiger charge is -2.34. The zero-order chi connectivity index (χ0) is 15.5. The van der Waals surface area contributed by atoms with E-state index in [-0.39, 0.29) is 6.04 Å². The van der Waals surface area contributed by atoms with Crippen LogP contribution in [-0.2, 0) is 11.0 Å². The first-order valence-electron chi connectivity index (χ1n) is 6.67. The Balaban J connectivity index is 2.03. The van der Waals surface area contributed by atoms with Crippen molar-refractivity contribution in [3.63, 3.8) is 0 Å². The third kappa shape index (κ3) is 4.35. The van der Waals surface area contributed by atoms with Gasteiger partial charge in [-0.2, -0.15) is 13.2 Å². The van der Waals surface area contributed by atoms with Gasteiger partial charge < -0.3 is 10.1 Å². The minimum absolute atomic E-state index is 0.0246. The predicted molar refractivity (Wildman–Crippen MR) is 75.4 cm³/mol. The summed E-state index contributed by atoms with van der Waals surface area (Å²) in [4.78, 5) is 12.5. The number of hydrogen-bond donors (Lipinski definition) is 1. The Morgan fingerprint density at radius 2 is 2.19 bits per heavy atom. The number of likely N-dealkylation sites (tertiary alicyclic amines) is 1. The summed E-state index contributed by atoms with van der Waals surface area (Å²) in [6, 6.07) is 5.09. The zero-order valence-electron chi connectivity index (χ0n) is 11.2. The van der Waals surface area contributed by atoms with Crippen LogP contribution in [0.15, 0.2) is 24.3 Å². The topological polar surface area (TPSA) is 32.3 Å². The molecule has 2 rings (SSSR count). The van der Waals surface area contributed by atoms with Gasteiger partial charge in [0.15, 0.2) is 6.29 Å². The molecule has 1 aliphatic heterocycles. The van der Waals surface area contributed by atoms with E-state index in [2.05, 4.69) is 5.32 Å². The molecule has 1 aromatic carbocycles. The summed E-state index contributed by atoms with van der Waals surface area (Å²) in [6.07, 6.45) is -2.02. The van der Waals surface area contributed by atoms with Gasteiger partial charge in [0, 0.05) is 24.8 Å². The molecule has 21 heavy (non-hydrogen) atoms. The molecule has 1 N–H and O–H groups in total. The fraction of sp³-hybridized carbons (Fsp3) is 0.500. The lowest BCUT2D eigenvalue weighted by atomic mass is 10.0. The number of benzene rings is 1. The van der Waals surface area contributed by atoms with E-state index in [0.29, 0.717) is 25.1 Å². The van der Waals surface area contributed by atoms with Crippen LogP contribution in [-0.4, -0.2) is 35.8 Å². The zero-order valence-corrected chi connectivity index (χ0v) is 12.0.